The molecule has 1 aliphatic carbocycles. The average molecular weight is 357 g/mol. The van der Waals surface area contributed by atoms with Crippen LogP contribution in [0.5, 0.6) is 0 Å². The highest BCUT2D eigenvalue weighted by molar-refractivity contribution is 5.72. The summed E-state index contributed by atoms with van der Waals surface area (Å²) in [6.45, 7) is 1.78. The van der Waals surface area contributed by atoms with Gasteiger partial charge in [-0.1, -0.05) is 0 Å². The minimum atomic E-state index is -0.834. The van der Waals surface area contributed by atoms with Crippen molar-refractivity contribution in [2.45, 2.75) is 56.7 Å². The number of carbonyl (C=O) groups is 1. The number of piperidine rings is 1. The van der Waals surface area contributed by atoms with Crippen molar-refractivity contribution < 1.29 is 14.6 Å². The number of carboxylic acid groups (broad SMARTS) is 1. The molecule has 2 atom stereocenters. The first-order valence-corrected chi connectivity index (χ1v) is 9.53. The van der Waals surface area contributed by atoms with Gasteiger partial charge in [0.15, 0.2) is 11.9 Å². The number of aliphatic carboxylic acids is 1. The molecule has 3 fully saturated rings. The van der Waals surface area contributed by atoms with Crippen LogP contribution in [0.15, 0.2) is 12.4 Å². The third-order valence-electron chi connectivity index (χ3n) is 5.97. The van der Waals surface area contributed by atoms with Crippen LogP contribution in [-0.2, 0) is 9.53 Å². The highest BCUT2D eigenvalue weighted by Crippen LogP contribution is 2.39. The van der Waals surface area contributed by atoms with E-state index in [1.54, 1.807) is 0 Å². The number of fused-ring (bicyclic) bond motifs is 1. The maximum absolute atomic E-state index is 11.1. The molecular formula is C18H23N5O3. The van der Waals surface area contributed by atoms with Crippen LogP contribution in [0.3, 0.4) is 0 Å². The number of anilines is 1. The molecule has 0 aromatic carbocycles. The van der Waals surface area contributed by atoms with Gasteiger partial charge in [-0.15, -0.1) is 10.2 Å². The first-order valence-electron chi connectivity index (χ1n) is 9.53. The molecule has 3 aliphatic rings. The second-order valence-electron chi connectivity index (χ2n) is 7.68. The summed E-state index contributed by atoms with van der Waals surface area (Å²) in [6, 6.07) is 0. The fourth-order valence-electron chi connectivity index (χ4n) is 4.35. The Morgan fingerprint density at radius 3 is 2.62 bits per heavy atom. The van der Waals surface area contributed by atoms with E-state index < -0.39 is 12.1 Å². The third kappa shape index (κ3) is 2.72. The van der Waals surface area contributed by atoms with Gasteiger partial charge < -0.3 is 14.7 Å². The van der Waals surface area contributed by atoms with E-state index in [4.69, 9.17) is 9.84 Å². The van der Waals surface area contributed by atoms with E-state index >= 15 is 0 Å². The summed E-state index contributed by atoms with van der Waals surface area (Å²) < 4.78 is 7.84. The number of aromatic nitrogens is 4. The van der Waals surface area contributed by atoms with Gasteiger partial charge in [0.25, 0.3) is 0 Å². The molecule has 2 aromatic heterocycles. The Labute approximate surface area is 151 Å². The highest BCUT2D eigenvalue weighted by atomic mass is 16.5. The molecule has 4 heterocycles. The van der Waals surface area contributed by atoms with Crippen molar-refractivity contribution in [3.05, 3.63) is 18.2 Å². The molecule has 0 unspecified atom stereocenters. The number of ether oxygens (including phenoxy) is 1. The van der Waals surface area contributed by atoms with Crippen LogP contribution in [0.4, 0.5) is 5.82 Å². The zero-order chi connectivity index (χ0) is 17.7. The summed E-state index contributed by atoms with van der Waals surface area (Å²) in [6.07, 6.45) is 9.10. The van der Waals surface area contributed by atoms with Gasteiger partial charge in [-0.3, -0.25) is 4.40 Å². The smallest absolute Gasteiger partial charge is 0.332 e. The summed E-state index contributed by atoms with van der Waals surface area (Å²) in [5.41, 5.74) is 0.843. The van der Waals surface area contributed by atoms with Gasteiger partial charge in [-0.2, -0.15) is 0 Å². The lowest BCUT2D eigenvalue weighted by Gasteiger charge is -2.35. The summed E-state index contributed by atoms with van der Waals surface area (Å²) in [5, 5.41) is 17.9. The maximum atomic E-state index is 11.1. The van der Waals surface area contributed by atoms with Crippen LogP contribution < -0.4 is 4.90 Å². The van der Waals surface area contributed by atoms with E-state index in [0.29, 0.717) is 18.3 Å². The van der Waals surface area contributed by atoms with Crippen LogP contribution in [0.1, 0.15) is 50.3 Å². The zero-order valence-corrected chi connectivity index (χ0v) is 14.6. The van der Waals surface area contributed by atoms with Gasteiger partial charge in [-0.05, 0) is 44.4 Å². The third-order valence-corrected chi connectivity index (χ3v) is 5.97. The highest BCUT2D eigenvalue weighted by Gasteiger charge is 2.37. The SMILES string of the molecule is O=C(O)[C@H]1CC[C@@H](C2CCN(c3nccn4c(C5CC5)nnc34)CC2)O1. The van der Waals surface area contributed by atoms with Crippen molar-refractivity contribution in [2.24, 2.45) is 5.92 Å². The van der Waals surface area contributed by atoms with Gasteiger partial charge in [0.1, 0.15) is 5.82 Å². The minimum absolute atomic E-state index is 0.0802. The van der Waals surface area contributed by atoms with Gasteiger partial charge in [-0.25, -0.2) is 9.78 Å². The van der Waals surface area contributed by atoms with Crippen LogP contribution in [0.2, 0.25) is 0 Å². The van der Waals surface area contributed by atoms with E-state index in [1.807, 2.05) is 12.4 Å². The number of nitrogens with zero attached hydrogens (tertiary/aromatic N) is 5. The molecule has 1 saturated carbocycles. The molecule has 2 aliphatic heterocycles. The monoisotopic (exact) mass is 357 g/mol. The molecule has 138 valence electrons. The minimum Gasteiger partial charge on any atom is -0.479 e. The number of hydrogen-bond donors (Lipinski definition) is 1. The Balaban J connectivity index is 1.29. The number of hydrogen-bond acceptors (Lipinski definition) is 6. The van der Waals surface area contributed by atoms with E-state index in [9.17, 15) is 4.79 Å². The Morgan fingerprint density at radius 1 is 1.12 bits per heavy atom. The molecule has 2 saturated heterocycles. The first-order chi connectivity index (χ1) is 12.7. The number of rotatable bonds is 4. The molecule has 0 bridgehead atoms. The summed E-state index contributed by atoms with van der Waals surface area (Å²) in [5.74, 6) is 2.10. The summed E-state index contributed by atoms with van der Waals surface area (Å²) in [4.78, 5) is 17.9. The molecule has 8 nitrogen and oxygen atoms in total. The molecule has 8 heteroatoms. The Kier molecular flexibility index (Phi) is 3.81. The van der Waals surface area contributed by atoms with E-state index in [0.717, 1.165) is 49.6 Å². The molecule has 0 amide bonds. The second-order valence-corrected chi connectivity index (χ2v) is 7.68. The fourth-order valence-corrected chi connectivity index (χ4v) is 4.35. The zero-order valence-electron chi connectivity index (χ0n) is 14.6. The molecule has 26 heavy (non-hydrogen) atoms. The van der Waals surface area contributed by atoms with Gasteiger partial charge in [0, 0.05) is 31.4 Å². The normalized spacial score (nSPS) is 27.3. The van der Waals surface area contributed by atoms with E-state index in [1.165, 1.54) is 12.8 Å². The molecule has 5 rings (SSSR count). The van der Waals surface area contributed by atoms with Crippen LogP contribution in [-0.4, -0.2) is 56.0 Å². The van der Waals surface area contributed by atoms with Gasteiger partial charge in [0.05, 0.1) is 6.10 Å². The largest absolute Gasteiger partial charge is 0.479 e. The van der Waals surface area contributed by atoms with Crippen molar-refractivity contribution in [3.8, 4) is 0 Å². The maximum Gasteiger partial charge on any atom is 0.332 e. The number of carboxylic acids is 1. The lowest BCUT2D eigenvalue weighted by atomic mass is 9.90. The predicted molar refractivity (Wildman–Crippen MR) is 93.2 cm³/mol. The van der Waals surface area contributed by atoms with Crippen molar-refractivity contribution in [2.75, 3.05) is 18.0 Å². The molecule has 0 spiro atoms. The Morgan fingerprint density at radius 2 is 1.92 bits per heavy atom. The fraction of sp³-hybridized carbons (Fsp3) is 0.667. The Hall–Kier alpha value is -2.22. The quantitative estimate of drug-likeness (QED) is 0.892. The van der Waals surface area contributed by atoms with E-state index in [-0.39, 0.29) is 6.10 Å². The van der Waals surface area contributed by atoms with E-state index in [2.05, 4.69) is 24.5 Å². The standard InChI is InChI=1S/C18H23N5O3/c24-18(25)14-4-3-13(26-14)11-5-8-22(9-6-11)16-17-21-20-15(12-1-2-12)23(17)10-7-19-16/h7,10-14H,1-6,8-9H2,(H,24,25)/t13-,14+/m0/s1. The lowest BCUT2D eigenvalue weighted by Crippen LogP contribution is -2.38. The molecule has 2 aromatic rings. The first kappa shape index (κ1) is 16.0. The lowest BCUT2D eigenvalue weighted by molar-refractivity contribution is -0.150. The van der Waals surface area contributed by atoms with Crippen molar-refractivity contribution in [1.82, 2.24) is 19.6 Å². The molecule has 0 radical (unpaired) electrons. The second kappa shape index (κ2) is 6.19. The molecular weight excluding hydrogens is 334 g/mol. The van der Waals surface area contributed by atoms with Crippen molar-refractivity contribution >= 4 is 17.4 Å². The summed E-state index contributed by atoms with van der Waals surface area (Å²) >= 11 is 0. The van der Waals surface area contributed by atoms with Crippen molar-refractivity contribution in [3.63, 3.8) is 0 Å². The van der Waals surface area contributed by atoms with Gasteiger partial charge >= 0.3 is 5.97 Å². The van der Waals surface area contributed by atoms with Crippen LogP contribution in [0, 0.1) is 5.92 Å². The predicted octanol–water partition coefficient (Wildman–Crippen LogP) is 1.85. The van der Waals surface area contributed by atoms with Gasteiger partial charge in [0.2, 0.25) is 5.65 Å². The average Bonchev–Trinajstić information content (AvgIpc) is 3.21. The Bertz CT molecular complexity index is 825. The molecule has 1 N–H and O–H groups in total. The van der Waals surface area contributed by atoms with Crippen LogP contribution in [0.25, 0.3) is 5.65 Å². The topological polar surface area (TPSA) is 92.9 Å². The summed E-state index contributed by atoms with van der Waals surface area (Å²) in [7, 11) is 0. The van der Waals surface area contributed by atoms with Crippen molar-refractivity contribution in [1.29, 1.82) is 0 Å². The van der Waals surface area contributed by atoms with Crippen LogP contribution >= 0.6 is 0 Å².